The van der Waals surface area contributed by atoms with Crippen molar-refractivity contribution in [3.05, 3.63) is 34.3 Å². The maximum absolute atomic E-state index is 11.7. The van der Waals surface area contributed by atoms with E-state index in [1.807, 2.05) is 6.92 Å². The third kappa shape index (κ3) is 2.79. The lowest BCUT2D eigenvalue weighted by Gasteiger charge is -2.03. The molecule has 1 aromatic carbocycles. The van der Waals surface area contributed by atoms with E-state index in [0.29, 0.717) is 17.7 Å². The molecule has 0 aliphatic rings. The van der Waals surface area contributed by atoms with Crippen LogP contribution in [0.25, 0.3) is 11.1 Å². The summed E-state index contributed by atoms with van der Waals surface area (Å²) in [7, 11) is 0. The van der Waals surface area contributed by atoms with Crippen molar-refractivity contribution in [2.45, 2.75) is 26.8 Å². The number of ketones is 1. The van der Waals surface area contributed by atoms with Gasteiger partial charge in [-0.25, -0.2) is 4.79 Å². The number of ether oxygens (including phenoxy) is 1. The molecule has 0 unspecified atom stereocenters. The second-order valence-corrected chi connectivity index (χ2v) is 4.41. The second-order valence-electron chi connectivity index (χ2n) is 4.41. The molecule has 6 nitrogen and oxygen atoms in total. The predicted molar refractivity (Wildman–Crippen MR) is 71.7 cm³/mol. The maximum atomic E-state index is 11.7. The van der Waals surface area contributed by atoms with Gasteiger partial charge in [0.25, 0.3) is 0 Å². The van der Waals surface area contributed by atoms with Gasteiger partial charge in [0.1, 0.15) is 6.54 Å². The van der Waals surface area contributed by atoms with Crippen molar-refractivity contribution in [2.75, 3.05) is 6.61 Å². The number of oxazole rings is 1. The number of hydrogen-bond acceptors (Lipinski definition) is 5. The first-order valence-electron chi connectivity index (χ1n) is 6.33. The summed E-state index contributed by atoms with van der Waals surface area (Å²) in [5.41, 5.74) is 1.20. The Hall–Kier alpha value is -2.37. The zero-order chi connectivity index (χ0) is 14.7. The van der Waals surface area contributed by atoms with Crippen molar-refractivity contribution in [2.24, 2.45) is 0 Å². The monoisotopic (exact) mass is 277 g/mol. The molecule has 0 bridgehead atoms. The molecule has 1 heterocycles. The average molecular weight is 277 g/mol. The Balaban J connectivity index is 2.34. The van der Waals surface area contributed by atoms with Crippen LogP contribution in [0.15, 0.2) is 27.4 Å². The summed E-state index contributed by atoms with van der Waals surface area (Å²) in [5, 5.41) is 0. The molecule has 6 heteroatoms. The van der Waals surface area contributed by atoms with Crippen LogP contribution >= 0.6 is 0 Å². The quantitative estimate of drug-likeness (QED) is 0.614. The first kappa shape index (κ1) is 14.0. The number of benzene rings is 1. The Kier molecular flexibility index (Phi) is 4.02. The van der Waals surface area contributed by atoms with Crippen LogP contribution in [0.2, 0.25) is 0 Å². The van der Waals surface area contributed by atoms with Gasteiger partial charge < -0.3 is 9.15 Å². The molecule has 0 spiro atoms. The van der Waals surface area contributed by atoms with Crippen molar-refractivity contribution >= 4 is 22.9 Å². The van der Waals surface area contributed by atoms with Crippen molar-refractivity contribution in [3.8, 4) is 0 Å². The molecule has 1 aromatic heterocycles. The van der Waals surface area contributed by atoms with Crippen LogP contribution in [0.4, 0.5) is 0 Å². The molecule has 0 N–H and O–H groups in total. The first-order valence-corrected chi connectivity index (χ1v) is 6.33. The summed E-state index contributed by atoms with van der Waals surface area (Å²) in [6.07, 6.45) is 0.717. The number of carbonyl (C=O) groups excluding carboxylic acids is 2. The molecule has 0 amide bonds. The molecule has 2 rings (SSSR count). The van der Waals surface area contributed by atoms with Gasteiger partial charge in [-0.1, -0.05) is 6.92 Å². The highest BCUT2D eigenvalue weighted by Crippen LogP contribution is 2.15. The number of hydrogen-bond donors (Lipinski definition) is 0. The number of nitrogens with zero attached hydrogens (tertiary/aromatic N) is 1. The van der Waals surface area contributed by atoms with Gasteiger partial charge in [0, 0.05) is 5.56 Å². The Morgan fingerprint density at radius 3 is 2.75 bits per heavy atom. The lowest BCUT2D eigenvalue weighted by atomic mass is 10.1. The molecule has 0 aliphatic carbocycles. The summed E-state index contributed by atoms with van der Waals surface area (Å²) in [6, 6.07) is 4.67. The van der Waals surface area contributed by atoms with Crippen LogP contribution in [-0.2, 0) is 16.1 Å². The Morgan fingerprint density at radius 1 is 1.35 bits per heavy atom. The number of carbonyl (C=O) groups is 2. The second kappa shape index (κ2) is 5.73. The van der Waals surface area contributed by atoms with Gasteiger partial charge in [0.05, 0.1) is 12.1 Å². The van der Waals surface area contributed by atoms with Crippen LogP contribution in [0.3, 0.4) is 0 Å². The molecule has 0 fully saturated rings. The minimum atomic E-state index is -0.644. The van der Waals surface area contributed by atoms with Crippen molar-refractivity contribution in [3.63, 3.8) is 0 Å². The van der Waals surface area contributed by atoms with Crippen LogP contribution in [0.5, 0.6) is 0 Å². The standard InChI is InChI=1S/C14H15NO5/c1-3-6-19-13(17)8-15-11-5-4-10(9(2)16)7-12(11)20-14(15)18/h4-5,7H,3,6,8H2,1-2H3. The highest BCUT2D eigenvalue weighted by atomic mass is 16.5. The molecule has 20 heavy (non-hydrogen) atoms. The van der Waals surface area contributed by atoms with Crippen molar-refractivity contribution < 1.29 is 18.7 Å². The fourth-order valence-corrected chi connectivity index (χ4v) is 1.83. The highest BCUT2D eigenvalue weighted by molar-refractivity contribution is 5.97. The molecule has 0 atom stereocenters. The lowest BCUT2D eigenvalue weighted by Crippen LogP contribution is -2.21. The van der Waals surface area contributed by atoms with E-state index in [9.17, 15) is 14.4 Å². The number of Topliss-reactive ketones (excluding diaryl/α,β-unsaturated/α-hetero) is 1. The van der Waals surface area contributed by atoms with E-state index in [0.717, 1.165) is 6.42 Å². The van der Waals surface area contributed by atoms with Crippen LogP contribution < -0.4 is 5.76 Å². The molecule has 0 saturated heterocycles. The van der Waals surface area contributed by atoms with Gasteiger partial charge in [-0.2, -0.15) is 0 Å². The minimum Gasteiger partial charge on any atom is -0.464 e. The summed E-state index contributed by atoms with van der Waals surface area (Å²) in [4.78, 5) is 34.6. The van der Waals surface area contributed by atoms with E-state index in [1.165, 1.54) is 17.6 Å². The fourth-order valence-electron chi connectivity index (χ4n) is 1.83. The molecule has 0 aliphatic heterocycles. The molecule has 0 saturated carbocycles. The lowest BCUT2D eigenvalue weighted by molar-refractivity contribution is -0.144. The van der Waals surface area contributed by atoms with E-state index in [1.54, 1.807) is 12.1 Å². The predicted octanol–water partition coefficient (Wildman–Crippen LogP) is 1.75. The topological polar surface area (TPSA) is 78.5 Å². The van der Waals surface area contributed by atoms with Crippen LogP contribution in [0, 0.1) is 0 Å². The van der Waals surface area contributed by atoms with Crippen molar-refractivity contribution in [1.82, 2.24) is 4.57 Å². The SMILES string of the molecule is CCCOC(=O)Cn1c(=O)oc2cc(C(C)=O)ccc21. The normalized spacial score (nSPS) is 10.7. The van der Waals surface area contributed by atoms with Crippen molar-refractivity contribution in [1.29, 1.82) is 0 Å². The summed E-state index contributed by atoms with van der Waals surface area (Å²) < 4.78 is 11.2. The van der Waals surface area contributed by atoms with E-state index in [-0.39, 0.29) is 17.9 Å². The summed E-state index contributed by atoms with van der Waals surface area (Å²) in [6.45, 7) is 3.43. The number of aromatic nitrogens is 1. The average Bonchev–Trinajstić information content (AvgIpc) is 2.72. The van der Waals surface area contributed by atoms with E-state index in [4.69, 9.17) is 9.15 Å². The number of fused-ring (bicyclic) bond motifs is 1. The maximum Gasteiger partial charge on any atom is 0.420 e. The van der Waals surface area contributed by atoms with Gasteiger partial charge in [-0.3, -0.25) is 14.2 Å². The van der Waals surface area contributed by atoms with Gasteiger partial charge in [0.2, 0.25) is 0 Å². The molecule has 0 radical (unpaired) electrons. The van der Waals surface area contributed by atoms with E-state index in [2.05, 4.69) is 0 Å². The molecule has 106 valence electrons. The third-order valence-electron chi connectivity index (χ3n) is 2.83. The molecular formula is C14H15NO5. The minimum absolute atomic E-state index is 0.121. The van der Waals surface area contributed by atoms with Gasteiger partial charge in [-0.15, -0.1) is 0 Å². The van der Waals surface area contributed by atoms with E-state index < -0.39 is 11.7 Å². The van der Waals surface area contributed by atoms with Gasteiger partial charge in [0.15, 0.2) is 11.4 Å². The van der Waals surface area contributed by atoms with Gasteiger partial charge >= 0.3 is 11.7 Å². The number of esters is 1. The third-order valence-corrected chi connectivity index (χ3v) is 2.83. The Morgan fingerprint density at radius 2 is 2.10 bits per heavy atom. The van der Waals surface area contributed by atoms with Crippen LogP contribution in [-0.4, -0.2) is 22.9 Å². The first-order chi connectivity index (χ1) is 9.52. The zero-order valence-corrected chi connectivity index (χ0v) is 11.3. The highest BCUT2D eigenvalue weighted by Gasteiger charge is 2.14. The largest absolute Gasteiger partial charge is 0.464 e. The summed E-state index contributed by atoms with van der Waals surface area (Å²) >= 11 is 0. The Bertz CT molecular complexity index is 710. The van der Waals surface area contributed by atoms with E-state index >= 15 is 0 Å². The smallest absolute Gasteiger partial charge is 0.420 e. The fraction of sp³-hybridized carbons (Fsp3) is 0.357. The van der Waals surface area contributed by atoms with Crippen LogP contribution in [0.1, 0.15) is 30.6 Å². The van der Waals surface area contributed by atoms with Gasteiger partial charge in [-0.05, 0) is 31.5 Å². The zero-order valence-electron chi connectivity index (χ0n) is 11.3. The number of rotatable bonds is 5. The molecular weight excluding hydrogens is 262 g/mol. The molecule has 2 aromatic rings. The summed E-state index contributed by atoms with van der Waals surface area (Å²) in [5.74, 6) is -1.26. The Labute approximate surface area is 114 Å².